The van der Waals surface area contributed by atoms with Gasteiger partial charge < -0.3 is 15.0 Å². The fourth-order valence-corrected chi connectivity index (χ4v) is 4.34. The topological polar surface area (TPSA) is 89.3 Å². The molecule has 0 saturated heterocycles. The van der Waals surface area contributed by atoms with Gasteiger partial charge in [-0.3, -0.25) is 4.79 Å². The summed E-state index contributed by atoms with van der Waals surface area (Å²) in [6.45, 7) is 9.78. The van der Waals surface area contributed by atoms with Crippen LogP contribution in [0.5, 0.6) is 0 Å². The number of esters is 1. The summed E-state index contributed by atoms with van der Waals surface area (Å²) >= 11 is 0. The average Bonchev–Trinajstić information content (AvgIpc) is 3.25. The van der Waals surface area contributed by atoms with Crippen molar-refractivity contribution >= 4 is 23.5 Å². The number of hydrogen-bond acceptors (Lipinski definition) is 6. The summed E-state index contributed by atoms with van der Waals surface area (Å²) in [5.74, 6) is -0.172. The number of nitrogens with one attached hydrogen (secondary N) is 1. The van der Waals surface area contributed by atoms with Crippen LogP contribution in [0, 0.1) is 20.8 Å². The van der Waals surface area contributed by atoms with E-state index in [0.717, 1.165) is 27.9 Å². The van der Waals surface area contributed by atoms with E-state index in [1.807, 2.05) is 70.2 Å². The number of amides is 1. The van der Waals surface area contributed by atoms with E-state index in [2.05, 4.69) is 15.4 Å². The summed E-state index contributed by atoms with van der Waals surface area (Å²) in [4.78, 5) is 32.3. The van der Waals surface area contributed by atoms with Crippen molar-refractivity contribution in [3.8, 4) is 0 Å². The highest BCUT2D eigenvalue weighted by Crippen LogP contribution is 2.38. The van der Waals surface area contributed by atoms with E-state index in [1.165, 1.54) is 6.33 Å². The Kier molecular flexibility index (Phi) is 6.49. The second kappa shape index (κ2) is 9.51. The van der Waals surface area contributed by atoms with Crippen molar-refractivity contribution in [2.75, 3.05) is 23.4 Å². The van der Waals surface area contributed by atoms with E-state index in [1.54, 1.807) is 16.5 Å². The Hall–Kier alpha value is -3.94. The van der Waals surface area contributed by atoms with Gasteiger partial charge in [0.05, 0.1) is 12.2 Å². The number of aromatic nitrogens is 3. The molecule has 0 unspecified atom stereocenters. The van der Waals surface area contributed by atoms with E-state index >= 15 is 0 Å². The zero-order valence-electron chi connectivity index (χ0n) is 20.1. The zero-order chi connectivity index (χ0) is 24.4. The number of nitrogens with zero attached hydrogens (tertiary/aromatic N) is 4. The Morgan fingerprint density at radius 1 is 1.00 bits per heavy atom. The minimum atomic E-state index is -0.504. The average molecular weight is 460 g/mol. The summed E-state index contributed by atoms with van der Waals surface area (Å²) in [5, 5.41) is 7.38. The Labute approximate surface area is 199 Å². The lowest BCUT2D eigenvalue weighted by atomic mass is 9.94. The molecule has 1 aliphatic rings. The molecule has 0 spiro atoms. The molecule has 8 heteroatoms. The molecule has 1 aliphatic heterocycles. The first-order valence-corrected chi connectivity index (χ1v) is 11.3. The lowest BCUT2D eigenvalue weighted by Gasteiger charge is -2.35. The Morgan fingerprint density at radius 2 is 1.68 bits per heavy atom. The van der Waals surface area contributed by atoms with Gasteiger partial charge in [-0.25, -0.2) is 9.48 Å². The fraction of sp³-hybridized carbons (Fsp3) is 0.308. The van der Waals surface area contributed by atoms with Crippen molar-refractivity contribution in [3.05, 3.63) is 82.3 Å². The molecule has 0 radical (unpaired) electrons. The van der Waals surface area contributed by atoms with Gasteiger partial charge in [-0.1, -0.05) is 35.9 Å². The molecule has 2 aromatic carbocycles. The van der Waals surface area contributed by atoms with Crippen molar-refractivity contribution in [3.63, 3.8) is 0 Å². The molecule has 34 heavy (non-hydrogen) atoms. The maximum Gasteiger partial charge on any atom is 0.338 e. The second-order valence-electron chi connectivity index (χ2n) is 8.55. The monoisotopic (exact) mass is 459 g/mol. The highest BCUT2D eigenvalue weighted by Gasteiger charge is 2.38. The van der Waals surface area contributed by atoms with Gasteiger partial charge in [0.25, 0.3) is 0 Å². The van der Waals surface area contributed by atoms with Crippen LogP contribution in [0.25, 0.3) is 0 Å². The molecule has 0 saturated carbocycles. The molecule has 1 amide bonds. The summed E-state index contributed by atoms with van der Waals surface area (Å²) in [5.41, 5.74) is 5.90. The van der Waals surface area contributed by atoms with Gasteiger partial charge in [0.15, 0.2) is 0 Å². The van der Waals surface area contributed by atoms with Crippen molar-refractivity contribution < 1.29 is 14.3 Å². The number of anilines is 2. The standard InChI is InChI=1S/C26H29N5O3/c1-6-34-25(33)23-19(5)30(14-22(32)29-21-12-17(3)11-18(4)13-21)26-27-15-28-31(26)24(23)20-9-7-16(2)8-10-20/h7-13,15,24H,6,14H2,1-5H3,(H,29,32)/t24-/m1/s1. The van der Waals surface area contributed by atoms with Gasteiger partial charge in [-0.2, -0.15) is 10.1 Å². The van der Waals surface area contributed by atoms with Crippen LogP contribution in [0.15, 0.2) is 60.1 Å². The Bertz CT molecular complexity index is 1240. The molecule has 1 N–H and O–H groups in total. The van der Waals surface area contributed by atoms with Crippen LogP contribution >= 0.6 is 0 Å². The first kappa shape index (κ1) is 23.2. The van der Waals surface area contributed by atoms with Crippen LogP contribution in [0.2, 0.25) is 0 Å². The fourth-order valence-electron chi connectivity index (χ4n) is 4.34. The van der Waals surface area contributed by atoms with E-state index in [0.29, 0.717) is 17.2 Å². The summed E-state index contributed by atoms with van der Waals surface area (Å²) in [7, 11) is 0. The number of fused-ring (bicyclic) bond motifs is 1. The van der Waals surface area contributed by atoms with Crippen LogP contribution in [-0.4, -0.2) is 39.8 Å². The molecule has 1 atom stereocenters. The van der Waals surface area contributed by atoms with Gasteiger partial charge in [0.2, 0.25) is 11.9 Å². The van der Waals surface area contributed by atoms with Crippen LogP contribution < -0.4 is 10.2 Å². The molecule has 8 nitrogen and oxygen atoms in total. The van der Waals surface area contributed by atoms with Crippen LogP contribution in [-0.2, 0) is 14.3 Å². The zero-order valence-corrected chi connectivity index (χ0v) is 20.1. The maximum absolute atomic E-state index is 13.1. The van der Waals surface area contributed by atoms with Crippen molar-refractivity contribution in [1.29, 1.82) is 0 Å². The normalized spacial score (nSPS) is 15.2. The van der Waals surface area contributed by atoms with Gasteiger partial charge in [0, 0.05) is 11.4 Å². The number of carbonyl (C=O) groups is 2. The highest BCUT2D eigenvalue weighted by molar-refractivity contribution is 5.96. The molecule has 1 aromatic heterocycles. The SMILES string of the molecule is CCOC(=O)C1=C(C)N(CC(=O)Nc2cc(C)cc(C)c2)c2ncnn2[C@@H]1c1ccc(C)cc1. The molecular weight excluding hydrogens is 430 g/mol. The largest absolute Gasteiger partial charge is 0.463 e. The highest BCUT2D eigenvalue weighted by atomic mass is 16.5. The first-order valence-electron chi connectivity index (χ1n) is 11.3. The third-order valence-corrected chi connectivity index (χ3v) is 5.80. The number of aryl methyl sites for hydroxylation is 3. The number of ether oxygens (including phenoxy) is 1. The predicted molar refractivity (Wildman–Crippen MR) is 131 cm³/mol. The van der Waals surface area contributed by atoms with Gasteiger partial charge >= 0.3 is 5.97 Å². The molecule has 176 valence electrons. The molecular formula is C26H29N5O3. The maximum atomic E-state index is 13.1. The molecule has 0 fully saturated rings. The van der Waals surface area contributed by atoms with E-state index in [4.69, 9.17) is 4.74 Å². The van der Waals surface area contributed by atoms with E-state index in [-0.39, 0.29) is 19.1 Å². The predicted octanol–water partition coefficient (Wildman–Crippen LogP) is 4.09. The van der Waals surface area contributed by atoms with Crippen LogP contribution in [0.1, 0.15) is 42.1 Å². The summed E-state index contributed by atoms with van der Waals surface area (Å²) in [6, 6.07) is 13.3. The molecule has 3 aromatic rings. The molecule has 0 aliphatic carbocycles. The lowest BCUT2D eigenvalue weighted by molar-refractivity contribution is -0.139. The quantitative estimate of drug-likeness (QED) is 0.559. The van der Waals surface area contributed by atoms with Crippen molar-refractivity contribution in [2.45, 2.75) is 40.7 Å². The van der Waals surface area contributed by atoms with Crippen molar-refractivity contribution in [2.24, 2.45) is 0 Å². The third-order valence-electron chi connectivity index (χ3n) is 5.80. The third kappa shape index (κ3) is 4.57. The van der Waals surface area contributed by atoms with Gasteiger partial charge in [0.1, 0.15) is 18.9 Å². The minimum absolute atomic E-state index is 0.0267. The Balaban J connectivity index is 1.72. The van der Waals surface area contributed by atoms with E-state index in [9.17, 15) is 9.59 Å². The number of rotatable bonds is 6. The number of benzene rings is 2. The lowest BCUT2D eigenvalue weighted by Crippen LogP contribution is -2.40. The smallest absolute Gasteiger partial charge is 0.338 e. The summed E-state index contributed by atoms with van der Waals surface area (Å²) in [6.07, 6.45) is 1.44. The molecule has 2 heterocycles. The van der Waals surface area contributed by atoms with Gasteiger partial charge in [-0.15, -0.1) is 0 Å². The minimum Gasteiger partial charge on any atom is -0.463 e. The first-order chi connectivity index (χ1) is 16.3. The number of carbonyl (C=O) groups excluding carboxylic acids is 2. The van der Waals surface area contributed by atoms with E-state index < -0.39 is 12.0 Å². The number of hydrogen-bond donors (Lipinski definition) is 1. The molecule has 4 rings (SSSR count). The molecule has 0 bridgehead atoms. The van der Waals surface area contributed by atoms with Crippen molar-refractivity contribution in [1.82, 2.24) is 14.8 Å². The second-order valence-corrected chi connectivity index (χ2v) is 8.55. The summed E-state index contributed by atoms with van der Waals surface area (Å²) < 4.78 is 7.08. The Morgan fingerprint density at radius 3 is 2.32 bits per heavy atom. The van der Waals surface area contributed by atoms with Crippen LogP contribution in [0.3, 0.4) is 0 Å². The van der Waals surface area contributed by atoms with Crippen LogP contribution in [0.4, 0.5) is 11.6 Å². The number of allylic oxidation sites excluding steroid dienone is 1. The van der Waals surface area contributed by atoms with Gasteiger partial charge in [-0.05, 0) is 63.4 Å².